The number of pyridine rings is 1. The standard InChI is InChI=1S/C23H29N3O2/c27-21-12-4-2-8-18(21)9-5-14-24-22-19(10-6-15-25-22)23(28)26-16-13-17-7-1-3-11-20(17)26/h1,3,6-7,10-11,15,18,21,27H,2,4-5,8-9,12-14,16H2,(H,24,25). The van der Waals surface area contributed by atoms with Crippen LogP contribution in [0.25, 0.3) is 0 Å². The van der Waals surface area contributed by atoms with Crippen LogP contribution in [0.3, 0.4) is 0 Å². The van der Waals surface area contributed by atoms with Crippen molar-refractivity contribution in [2.75, 3.05) is 23.3 Å². The predicted molar refractivity (Wildman–Crippen MR) is 112 cm³/mol. The second-order valence-corrected chi connectivity index (χ2v) is 7.92. The summed E-state index contributed by atoms with van der Waals surface area (Å²) in [4.78, 5) is 19.4. The molecule has 2 N–H and O–H groups in total. The average Bonchev–Trinajstić information content (AvgIpc) is 3.16. The van der Waals surface area contributed by atoms with E-state index in [1.165, 1.54) is 12.0 Å². The fraction of sp³-hybridized carbons (Fsp3) is 0.478. The number of para-hydroxylation sites is 1. The number of rotatable bonds is 6. The highest BCUT2D eigenvalue weighted by Crippen LogP contribution is 2.30. The molecule has 5 heteroatoms. The molecule has 0 bridgehead atoms. The third-order valence-electron chi connectivity index (χ3n) is 6.08. The van der Waals surface area contributed by atoms with Crippen LogP contribution >= 0.6 is 0 Å². The number of carbonyl (C=O) groups excluding carboxylic acids is 1. The summed E-state index contributed by atoms with van der Waals surface area (Å²) in [6, 6.07) is 11.8. The van der Waals surface area contributed by atoms with E-state index < -0.39 is 0 Å². The van der Waals surface area contributed by atoms with Crippen molar-refractivity contribution in [2.45, 2.75) is 51.0 Å². The Balaban J connectivity index is 1.38. The van der Waals surface area contributed by atoms with Crippen molar-refractivity contribution in [3.05, 3.63) is 53.7 Å². The molecule has 2 aliphatic rings. The summed E-state index contributed by atoms with van der Waals surface area (Å²) in [5.41, 5.74) is 2.85. The summed E-state index contributed by atoms with van der Waals surface area (Å²) in [5.74, 6) is 1.07. The second kappa shape index (κ2) is 8.74. The monoisotopic (exact) mass is 379 g/mol. The van der Waals surface area contributed by atoms with E-state index >= 15 is 0 Å². The van der Waals surface area contributed by atoms with E-state index in [1.54, 1.807) is 6.20 Å². The number of nitrogens with zero attached hydrogens (tertiary/aromatic N) is 2. The third-order valence-corrected chi connectivity index (χ3v) is 6.08. The lowest BCUT2D eigenvalue weighted by Crippen LogP contribution is -2.30. The molecule has 2 unspecified atom stereocenters. The fourth-order valence-electron chi connectivity index (χ4n) is 4.51. The van der Waals surface area contributed by atoms with Crippen LogP contribution in [0, 0.1) is 5.92 Å². The second-order valence-electron chi connectivity index (χ2n) is 7.92. The molecule has 1 aliphatic heterocycles. The van der Waals surface area contributed by atoms with Crippen molar-refractivity contribution >= 4 is 17.4 Å². The number of hydrogen-bond acceptors (Lipinski definition) is 4. The van der Waals surface area contributed by atoms with Gasteiger partial charge >= 0.3 is 0 Å². The number of nitrogens with one attached hydrogen (secondary N) is 1. The van der Waals surface area contributed by atoms with Gasteiger partial charge in [0.15, 0.2) is 0 Å². The van der Waals surface area contributed by atoms with E-state index in [9.17, 15) is 9.90 Å². The van der Waals surface area contributed by atoms with Gasteiger partial charge in [0.25, 0.3) is 5.91 Å². The molecule has 4 rings (SSSR count). The van der Waals surface area contributed by atoms with Gasteiger partial charge in [-0.25, -0.2) is 4.98 Å². The van der Waals surface area contributed by atoms with Gasteiger partial charge in [0, 0.05) is 25.0 Å². The zero-order valence-electron chi connectivity index (χ0n) is 16.3. The van der Waals surface area contributed by atoms with Crippen LogP contribution < -0.4 is 10.2 Å². The topological polar surface area (TPSA) is 65.5 Å². The molecule has 1 aromatic carbocycles. The lowest BCUT2D eigenvalue weighted by Gasteiger charge is -2.27. The first-order valence-electron chi connectivity index (χ1n) is 10.5. The van der Waals surface area contributed by atoms with Crippen LogP contribution in [0.5, 0.6) is 0 Å². The Morgan fingerprint density at radius 1 is 1.18 bits per heavy atom. The minimum atomic E-state index is -0.143. The molecule has 0 radical (unpaired) electrons. The Morgan fingerprint density at radius 3 is 2.93 bits per heavy atom. The number of carbonyl (C=O) groups is 1. The first kappa shape index (κ1) is 18.9. The smallest absolute Gasteiger partial charge is 0.262 e. The van der Waals surface area contributed by atoms with Crippen molar-refractivity contribution in [2.24, 2.45) is 5.92 Å². The normalized spacial score (nSPS) is 21.4. The van der Waals surface area contributed by atoms with Gasteiger partial charge in [0.05, 0.1) is 11.7 Å². The Hall–Kier alpha value is -2.40. The quantitative estimate of drug-likeness (QED) is 0.744. The van der Waals surface area contributed by atoms with Crippen LogP contribution in [0.15, 0.2) is 42.6 Å². The van der Waals surface area contributed by atoms with Gasteiger partial charge in [0.2, 0.25) is 0 Å². The molecular formula is C23H29N3O2. The Bertz CT molecular complexity index is 823. The van der Waals surface area contributed by atoms with E-state index in [0.29, 0.717) is 23.8 Å². The SMILES string of the molecule is O=C(c1cccnc1NCCCC1CCCCC1O)N1CCc2ccccc21. The highest BCUT2D eigenvalue weighted by atomic mass is 16.3. The van der Waals surface area contributed by atoms with Crippen LogP contribution in [0.4, 0.5) is 11.5 Å². The Morgan fingerprint density at radius 2 is 2.04 bits per heavy atom. The first-order chi connectivity index (χ1) is 13.7. The van der Waals surface area contributed by atoms with E-state index in [1.807, 2.05) is 35.2 Å². The van der Waals surface area contributed by atoms with E-state index in [4.69, 9.17) is 0 Å². The lowest BCUT2D eigenvalue weighted by atomic mass is 9.83. The molecule has 2 heterocycles. The van der Waals surface area contributed by atoms with Gasteiger partial charge in [0.1, 0.15) is 5.82 Å². The number of aliphatic hydroxyl groups is 1. The van der Waals surface area contributed by atoms with Crippen LogP contribution in [-0.4, -0.2) is 35.2 Å². The maximum atomic E-state index is 13.2. The van der Waals surface area contributed by atoms with Gasteiger partial charge < -0.3 is 15.3 Å². The van der Waals surface area contributed by atoms with Gasteiger partial charge in [-0.1, -0.05) is 31.0 Å². The molecular weight excluding hydrogens is 350 g/mol. The number of benzene rings is 1. The third kappa shape index (κ3) is 4.04. The highest BCUT2D eigenvalue weighted by Gasteiger charge is 2.27. The maximum absolute atomic E-state index is 13.2. The number of aromatic nitrogens is 1. The van der Waals surface area contributed by atoms with E-state index in [2.05, 4.69) is 16.4 Å². The number of hydrogen-bond donors (Lipinski definition) is 2. The molecule has 1 saturated carbocycles. The van der Waals surface area contributed by atoms with E-state index in [-0.39, 0.29) is 12.0 Å². The molecule has 28 heavy (non-hydrogen) atoms. The summed E-state index contributed by atoms with van der Waals surface area (Å²) in [6.07, 6.45) is 8.91. The number of fused-ring (bicyclic) bond motifs is 1. The number of aliphatic hydroxyl groups excluding tert-OH is 1. The summed E-state index contributed by atoms with van der Waals surface area (Å²) >= 11 is 0. The fourth-order valence-corrected chi connectivity index (χ4v) is 4.51. The maximum Gasteiger partial charge on any atom is 0.262 e. The Labute approximate surface area is 166 Å². The minimum absolute atomic E-state index is 0.00301. The van der Waals surface area contributed by atoms with Crippen molar-refractivity contribution < 1.29 is 9.90 Å². The van der Waals surface area contributed by atoms with Crippen LogP contribution in [0.1, 0.15) is 54.4 Å². The molecule has 1 aliphatic carbocycles. The van der Waals surface area contributed by atoms with E-state index in [0.717, 1.165) is 50.8 Å². The highest BCUT2D eigenvalue weighted by molar-refractivity contribution is 6.10. The zero-order valence-corrected chi connectivity index (χ0v) is 16.3. The lowest BCUT2D eigenvalue weighted by molar-refractivity contribution is 0.0648. The number of amides is 1. The summed E-state index contributed by atoms with van der Waals surface area (Å²) in [6.45, 7) is 1.48. The first-order valence-corrected chi connectivity index (χ1v) is 10.5. The molecule has 148 valence electrons. The van der Waals surface area contributed by atoms with Crippen molar-refractivity contribution in [1.82, 2.24) is 4.98 Å². The van der Waals surface area contributed by atoms with Gasteiger partial charge in [-0.3, -0.25) is 4.79 Å². The molecule has 2 atom stereocenters. The average molecular weight is 380 g/mol. The molecule has 1 amide bonds. The van der Waals surface area contributed by atoms with Gasteiger partial charge in [-0.05, 0) is 61.8 Å². The number of anilines is 2. The predicted octanol–water partition coefficient (Wildman–Crippen LogP) is 4.03. The van der Waals surface area contributed by atoms with Crippen molar-refractivity contribution in [3.63, 3.8) is 0 Å². The molecule has 5 nitrogen and oxygen atoms in total. The summed E-state index contributed by atoms with van der Waals surface area (Å²) in [5, 5.41) is 13.5. The minimum Gasteiger partial charge on any atom is -0.393 e. The van der Waals surface area contributed by atoms with Crippen molar-refractivity contribution in [3.8, 4) is 0 Å². The zero-order chi connectivity index (χ0) is 19.3. The molecule has 2 aromatic rings. The largest absolute Gasteiger partial charge is 0.393 e. The summed E-state index contributed by atoms with van der Waals surface area (Å²) in [7, 11) is 0. The summed E-state index contributed by atoms with van der Waals surface area (Å²) < 4.78 is 0. The molecule has 1 fully saturated rings. The molecule has 0 saturated heterocycles. The van der Waals surface area contributed by atoms with Crippen LogP contribution in [-0.2, 0) is 6.42 Å². The van der Waals surface area contributed by atoms with Gasteiger partial charge in [-0.15, -0.1) is 0 Å². The van der Waals surface area contributed by atoms with Crippen molar-refractivity contribution in [1.29, 1.82) is 0 Å². The molecule has 0 spiro atoms. The Kier molecular flexibility index (Phi) is 5.91. The van der Waals surface area contributed by atoms with Gasteiger partial charge in [-0.2, -0.15) is 0 Å². The van der Waals surface area contributed by atoms with Crippen LogP contribution in [0.2, 0.25) is 0 Å². The molecule has 1 aromatic heterocycles.